The summed E-state index contributed by atoms with van der Waals surface area (Å²) in [5, 5.41) is 5.26. The Bertz CT molecular complexity index is 1360. The quantitative estimate of drug-likeness (QED) is 0.532. The lowest BCUT2D eigenvalue weighted by Gasteiger charge is -2.33. The number of piperidine rings is 1. The number of carbonyl (C=O) groups is 2. The second kappa shape index (κ2) is 9.01. The van der Waals surface area contributed by atoms with Crippen LogP contribution in [-0.4, -0.2) is 75.0 Å². The van der Waals surface area contributed by atoms with Crippen molar-refractivity contribution >= 4 is 43.6 Å². The predicted octanol–water partition coefficient (Wildman–Crippen LogP) is 2.06. The van der Waals surface area contributed by atoms with Crippen molar-refractivity contribution in [2.24, 2.45) is 0 Å². The lowest BCUT2D eigenvalue weighted by atomic mass is 9.89. The first-order valence-corrected chi connectivity index (χ1v) is 13.2. The Kier molecular flexibility index (Phi) is 6.05. The fourth-order valence-electron chi connectivity index (χ4n) is 4.78. The van der Waals surface area contributed by atoms with Gasteiger partial charge in [0.1, 0.15) is 17.9 Å². The lowest BCUT2D eigenvalue weighted by Crippen LogP contribution is -2.49. The highest BCUT2D eigenvalue weighted by Gasteiger charge is 2.31. The molecule has 3 aromatic rings. The lowest BCUT2D eigenvalue weighted by molar-refractivity contribution is -0.134. The van der Waals surface area contributed by atoms with Crippen LogP contribution in [0.5, 0.6) is 5.75 Å². The number of nitrogens with one attached hydrogen (secondary N) is 1. The van der Waals surface area contributed by atoms with E-state index in [0.717, 1.165) is 34.0 Å². The molecule has 0 bridgehead atoms. The summed E-state index contributed by atoms with van der Waals surface area (Å²) in [6.07, 6.45) is 3.65. The molecule has 2 aliphatic heterocycles. The molecule has 2 saturated heterocycles. The molecule has 5 rings (SSSR count). The van der Waals surface area contributed by atoms with E-state index in [1.165, 1.54) is 10.6 Å². The number of imide groups is 1. The Morgan fingerprint density at radius 1 is 1.12 bits per heavy atom. The maximum absolute atomic E-state index is 12.4. The van der Waals surface area contributed by atoms with Crippen molar-refractivity contribution in [2.45, 2.75) is 18.8 Å². The highest BCUT2D eigenvalue weighted by Crippen LogP contribution is 2.37. The third-order valence-corrected chi connectivity index (χ3v) is 7.95. The molecule has 1 unspecified atom stereocenters. The van der Waals surface area contributed by atoms with Gasteiger partial charge < -0.3 is 9.15 Å². The summed E-state index contributed by atoms with van der Waals surface area (Å²) in [6, 6.07) is 9.70. The number of hydrogen-bond donors (Lipinski definition) is 1. The van der Waals surface area contributed by atoms with Gasteiger partial charge in [0.25, 0.3) is 0 Å². The van der Waals surface area contributed by atoms with Gasteiger partial charge in [0.2, 0.25) is 21.8 Å². The van der Waals surface area contributed by atoms with Gasteiger partial charge in [0, 0.05) is 50.1 Å². The molecule has 9 nitrogen and oxygen atoms in total. The van der Waals surface area contributed by atoms with Crippen LogP contribution in [0.1, 0.15) is 24.3 Å². The standard InChI is InChI=1S/C24H27N3O6S/c1-34(30,31)27-10-8-26(9-11-27)12-13-32-17-3-4-18-16(14-17)2-6-21-23(18)20(15-33-21)19-5-7-22(28)25-24(19)29/h2-4,6,14-15,19H,5,7-13H2,1H3,(H,25,28,29). The van der Waals surface area contributed by atoms with Crippen molar-refractivity contribution in [3.63, 3.8) is 0 Å². The minimum atomic E-state index is -3.13. The zero-order chi connectivity index (χ0) is 23.9. The van der Waals surface area contributed by atoms with E-state index in [9.17, 15) is 18.0 Å². The second-order valence-electron chi connectivity index (χ2n) is 8.87. The van der Waals surface area contributed by atoms with Gasteiger partial charge in [-0.2, -0.15) is 4.31 Å². The van der Waals surface area contributed by atoms with Crippen LogP contribution in [0.25, 0.3) is 21.7 Å². The molecule has 0 radical (unpaired) electrons. The second-order valence-corrected chi connectivity index (χ2v) is 10.9. The van der Waals surface area contributed by atoms with E-state index < -0.39 is 15.9 Å². The average Bonchev–Trinajstić information content (AvgIpc) is 3.23. The van der Waals surface area contributed by atoms with Crippen molar-refractivity contribution < 1.29 is 27.2 Å². The van der Waals surface area contributed by atoms with Crippen molar-refractivity contribution in [2.75, 3.05) is 45.6 Å². The largest absolute Gasteiger partial charge is 0.492 e. The zero-order valence-electron chi connectivity index (χ0n) is 19.0. The average molecular weight is 486 g/mol. The van der Waals surface area contributed by atoms with E-state index in [1.807, 2.05) is 30.3 Å². The maximum Gasteiger partial charge on any atom is 0.234 e. The van der Waals surface area contributed by atoms with E-state index >= 15 is 0 Å². The smallest absolute Gasteiger partial charge is 0.234 e. The molecular weight excluding hydrogens is 458 g/mol. The minimum absolute atomic E-state index is 0.238. The zero-order valence-corrected chi connectivity index (χ0v) is 19.8. The van der Waals surface area contributed by atoms with Gasteiger partial charge in [-0.3, -0.25) is 19.8 Å². The van der Waals surface area contributed by atoms with Gasteiger partial charge in [-0.25, -0.2) is 8.42 Å². The molecule has 180 valence electrons. The van der Waals surface area contributed by atoms with Crippen LogP contribution in [0.2, 0.25) is 0 Å². The van der Waals surface area contributed by atoms with Gasteiger partial charge in [0.05, 0.1) is 18.4 Å². The van der Waals surface area contributed by atoms with Crippen LogP contribution >= 0.6 is 0 Å². The van der Waals surface area contributed by atoms with E-state index in [4.69, 9.17) is 9.15 Å². The summed E-state index contributed by atoms with van der Waals surface area (Å²) in [5.74, 6) is -0.192. The number of piperazine rings is 1. The summed E-state index contributed by atoms with van der Waals surface area (Å²) in [7, 11) is -3.13. The van der Waals surface area contributed by atoms with Crippen molar-refractivity contribution in [1.29, 1.82) is 0 Å². The molecule has 2 aliphatic rings. The molecule has 10 heteroatoms. The third kappa shape index (κ3) is 4.53. The van der Waals surface area contributed by atoms with E-state index in [0.29, 0.717) is 51.2 Å². The summed E-state index contributed by atoms with van der Waals surface area (Å²) in [4.78, 5) is 26.2. The molecule has 2 aromatic carbocycles. The Balaban J connectivity index is 1.28. The molecular formula is C24H27N3O6S. The predicted molar refractivity (Wildman–Crippen MR) is 127 cm³/mol. The van der Waals surface area contributed by atoms with Crippen molar-refractivity contribution in [3.8, 4) is 5.75 Å². The number of carbonyl (C=O) groups excluding carboxylic acids is 2. The Hall–Kier alpha value is -2.95. The summed E-state index contributed by atoms with van der Waals surface area (Å²) in [6.45, 7) is 3.61. The summed E-state index contributed by atoms with van der Waals surface area (Å²) in [5.41, 5.74) is 1.50. The Morgan fingerprint density at radius 3 is 2.65 bits per heavy atom. The highest BCUT2D eigenvalue weighted by molar-refractivity contribution is 7.88. The van der Waals surface area contributed by atoms with Crippen LogP contribution in [0.15, 0.2) is 41.0 Å². The first kappa shape index (κ1) is 22.8. The molecule has 2 fully saturated rings. The minimum Gasteiger partial charge on any atom is -0.492 e. The molecule has 3 heterocycles. The number of amides is 2. The van der Waals surface area contributed by atoms with Crippen LogP contribution < -0.4 is 10.1 Å². The molecule has 0 aliphatic carbocycles. The van der Waals surface area contributed by atoms with Gasteiger partial charge >= 0.3 is 0 Å². The van der Waals surface area contributed by atoms with E-state index in [2.05, 4.69) is 10.2 Å². The molecule has 1 N–H and O–H groups in total. The first-order valence-electron chi connectivity index (χ1n) is 11.4. The normalized spacial score (nSPS) is 20.7. The van der Waals surface area contributed by atoms with Gasteiger partial charge in [-0.1, -0.05) is 6.07 Å². The van der Waals surface area contributed by atoms with E-state index in [1.54, 1.807) is 6.26 Å². The maximum atomic E-state index is 12.4. The summed E-state index contributed by atoms with van der Waals surface area (Å²) >= 11 is 0. The number of fused-ring (bicyclic) bond motifs is 3. The number of sulfonamides is 1. The van der Waals surface area contributed by atoms with E-state index in [-0.39, 0.29) is 11.8 Å². The number of benzene rings is 2. The van der Waals surface area contributed by atoms with Crippen molar-refractivity contribution in [3.05, 3.63) is 42.2 Å². The van der Waals surface area contributed by atoms with Crippen molar-refractivity contribution in [1.82, 2.24) is 14.5 Å². The first-order chi connectivity index (χ1) is 16.3. The molecule has 2 amide bonds. The van der Waals surface area contributed by atoms with Gasteiger partial charge in [0.15, 0.2) is 0 Å². The topological polar surface area (TPSA) is 109 Å². The molecule has 0 saturated carbocycles. The monoisotopic (exact) mass is 485 g/mol. The molecule has 34 heavy (non-hydrogen) atoms. The number of ether oxygens (including phenoxy) is 1. The van der Waals surface area contributed by atoms with Crippen LogP contribution in [0, 0.1) is 0 Å². The number of hydrogen-bond acceptors (Lipinski definition) is 7. The van der Waals surface area contributed by atoms with Crippen LogP contribution in [0.4, 0.5) is 0 Å². The highest BCUT2D eigenvalue weighted by atomic mass is 32.2. The van der Waals surface area contributed by atoms with Crippen LogP contribution in [-0.2, 0) is 19.6 Å². The number of furan rings is 1. The van der Waals surface area contributed by atoms with Gasteiger partial charge in [-0.15, -0.1) is 0 Å². The Morgan fingerprint density at radius 2 is 1.91 bits per heavy atom. The van der Waals surface area contributed by atoms with Crippen LogP contribution in [0.3, 0.4) is 0 Å². The van der Waals surface area contributed by atoms with Gasteiger partial charge in [-0.05, 0) is 41.5 Å². The SMILES string of the molecule is CS(=O)(=O)N1CCN(CCOc2ccc3c(ccc4occ(C5CCC(=O)NC5=O)c43)c2)CC1. The molecule has 0 spiro atoms. The molecule has 1 aromatic heterocycles. The third-order valence-electron chi connectivity index (χ3n) is 6.65. The Labute approximate surface area is 197 Å². The fraction of sp³-hybridized carbons (Fsp3) is 0.417. The number of nitrogens with zero attached hydrogens (tertiary/aromatic N) is 2. The number of rotatable bonds is 6. The fourth-order valence-corrected chi connectivity index (χ4v) is 5.61. The molecule has 1 atom stereocenters. The summed E-state index contributed by atoms with van der Waals surface area (Å²) < 4.78 is 36.5.